The molecule has 0 amide bonds. The SMILES string of the molecule is c1ccc(-c2ccc(N(c3ccccc3-c3ccccc3)c3cccc4c3c3ccccc3n4-c3c(-c4ccccc4)cccc3-c3ccccc3)cc2-c2ccccc2)cc1. The average molecular weight is 791 g/mol. The number of para-hydroxylation sites is 3. The van der Waals surface area contributed by atoms with Crippen molar-refractivity contribution in [2.75, 3.05) is 4.90 Å². The Hall–Kier alpha value is -8.20. The first-order valence-corrected chi connectivity index (χ1v) is 21.3. The van der Waals surface area contributed by atoms with Crippen LogP contribution >= 0.6 is 0 Å². The molecule has 1 aromatic heterocycles. The van der Waals surface area contributed by atoms with Crippen LogP contribution in [0.5, 0.6) is 0 Å². The second-order valence-electron chi connectivity index (χ2n) is 15.6. The van der Waals surface area contributed by atoms with Crippen molar-refractivity contribution in [3.8, 4) is 61.3 Å². The molecule has 2 nitrogen and oxygen atoms in total. The summed E-state index contributed by atoms with van der Waals surface area (Å²) in [6.45, 7) is 0. The molecular weight excluding hydrogens is 749 g/mol. The number of hydrogen-bond donors (Lipinski definition) is 0. The van der Waals surface area contributed by atoms with Gasteiger partial charge in [-0.3, -0.25) is 0 Å². The van der Waals surface area contributed by atoms with Crippen LogP contribution in [0.15, 0.2) is 255 Å². The first-order valence-electron chi connectivity index (χ1n) is 21.3. The molecule has 0 saturated carbocycles. The molecule has 0 spiro atoms. The Balaban J connectivity index is 1.24. The number of aromatic nitrogens is 1. The maximum atomic E-state index is 2.51. The summed E-state index contributed by atoms with van der Waals surface area (Å²) < 4.78 is 2.51. The summed E-state index contributed by atoms with van der Waals surface area (Å²) >= 11 is 0. The van der Waals surface area contributed by atoms with Crippen LogP contribution in [0.1, 0.15) is 0 Å². The Bertz CT molecular complexity index is 3260. The van der Waals surface area contributed by atoms with Crippen molar-refractivity contribution in [1.82, 2.24) is 4.57 Å². The van der Waals surface area contributed by atoms with Gasteiger partial charge >= 0.3 is 0 Å². The van der Waals surface area contributed by atoms with Gasteiger partial charge in [-0.15, -0.1) is 0 Å². The molecule has 0 bridgehead atoms. The average Bonchev–Trinajstić information content (AvgIpc) is 3.70. The summed E-state index contributed by atoms with van der Waals surface area (Å²) in [4.78, 5) is 2.49. The van der Waals surface area contributed by atoms with Gasteiger partial charge in [-0.1, -0.05) is 218 Å². The molecule has 0 saturated heterocycles. The van der Waals surface area contributed by atoms with Crippen molar-refractivity contribution in [3.63, 3.8) is 0 Å². The molecule has 0 atom stereocenters. The normalized spacial score (nSPS) is 11.2. The van der Waals surface area contributed by atoms with E-state index in [1.807, 2.05) is 0 Å². The molecule has 10 aromatic carbocycles. The highest BCUT2D eigenvalue weighted by Gasteiger charge is 2.26. The van der Waals surface area contributed by atoms with Crippen LogP contribution in [-0.4, -0.2) is 4.57 Å². The minimum atomic E-state index is 1.07. The fourth-order valence-electron chi connectivity index (χ4n) is 9.25. The minimum absolute atomic E-state index is 1.07. The van der Waals surface area contributed by atoms with Crippen molar-refractivity contribution >= 4 is 38.9 Å². The van der Waals surface area contributed by atoms with Gasteiger partial charge in [0.1, 0.15) is 0 Å². The molecule has 1 heterocycles. The quantitative estimate of drug-likeness (QED) is 0.141. The van der Waals surface area contributed by atoms with Crippen molar-refractivity contribution in [3.05, 3.63) is 255 Å². The summed E-state index contributed by atoms with van der Waals surface area (Å²) in [5.41, 5.74) is 18.5. The minimum Gasteiger partial charge on any atom is -0.309 e. The lowest BCUT2D eigenvalue weighted by Crippen LogP contribution is -2.12. The molecule has 0 aliphatic heterocycles. The Kier molecular flexibility index (Phi) is 9.57. The topological polar surface area (TPSA) is 8.17 Å². The number of hydrogen-bond acceptors (Lipinski definition) is 1. The van der Waals surface area contributed by atoms with E-state index in [2.05, 4.69) is 264 Å². The summed E-state index contributed by atoms with van der Waals surface area (Å²) in [6, 6.07) is 92.2. The summed E-state index contributed by atoms with van der Waals surface area (Å²) in [5.74, 6) is 0. The molecule has 62 heavy (non-hydrogen) atoms. The van der Waals surface area contributed by atoms with Gasteiger partial charge < -0.3 is 9.47 Å². The number of fused-ring (bicyclic) bond motifs is 3. The smallest absolute Gasteiger partial charge is 0.0618 e. The van der Waals surface area contributed by atoms with E-state index >= 15 is 0 Å². The van der Waals surface area contributed by atoms with E-state index < -0.39 is 0 Å². The van der Waals surface area contributed by atoms with Gasteiger partial charge in [0.2, 0.25) is 0 Å². The zero-order valence-electron chi connectivity index (χ0n) is 34.1. The number of benzene rings is 10. The molecule has 0 aliphatic rings. The highest BCUT2D eigenvalue weighted by molar-refractivity contribution is 6.18. The summed E-state index contributed by atoms with van der Waals surface area (Å²) in [5, 5.41) is 2.37. The zero-order chi connectivity index (χ0) is 41.2. The van der Waals surface area contributed by atoms with Gasteiger partial charge in [0, 0.05) is 33.2 Å². The van der Waals surface area contributed by atoms with E-state index in [0.717, 1.165) is 44.9 Å². The van der Waals surface area contributed by atoms with E-state index in [-0.39, 0.29) is 0 Å². The molecule has 0 N–H and O–H groups in total. The number of rotatable bonds is 9. The van der Waals surface area contributed by atoms with E-state index in [4.69, 9.17) is 0 Å². The standard InChI is InChI=1S/C60H42N2/c1-6-22-43(23-7-1)49-41-40-48(42-54(49)47-30-14-5-15-31-47)61(55-36-18-16-32-50(55)44-24-8-2-9-25-44)57-38-21-39-58-59(57)53-33-17-19-37-56(53)62(58)60-51(45-26-10-3-11-27-45)34-20-35-52(60)46-28-12-4-13-29-46/h1-42H. The maximum Gasteiger partial charge on any atom is 0.0618 e. The van der Waals surface area contributed by atoms with Gasteiger partial charge in [-0.2, -0.15) is 0 Å². The third-order valence-corrected chi connectivity index (χ3v) is 12.0. The van der Waals surface area contributed by atoms with Crippen LogP contribution in [0.3, 0.4) is 0 Å². The molecule has 11 aromatic rings. The van der Waals surface area contributed by atoms with Crippen molar-refractivity contribution in [2.45, 2.75) is 0 Å². The Morgan fingerprint density at radius 1 is 0.274 bits per heavy atom. The van der Waals surface area contributed by atoms with Gasteiger partial charge in [-0.05, 0) is 75.3 Å². The molecular formula is C60H42N2. The predicted octanol–water partition coefficient (Wildman–Crippen LogP) is 16.6. The third kappa shape index (κ3) is 6.56. The lowest BCUT2D eigenvalue weighted by molar-refractivity contribution is 1.18. The van der Waals surface area contributed by atoms with Crippen LogP contribution in [0.4, 0.5) is 17.1 Å². The van der Waals surface area contributed by atoms with E-state index in [1.54, 1.807) is 0 Å². The second-order valence-corrected chi connectivity index (χ2v) is 15.6. The van der Waals surface area contributed by atoms with Gasteiger partial charge in [-0.25, -0.2) is 0 Å². The first kappa shape index (κ1) is 36.8. The highest BCUT2D eigenvalue weighted by atomic mass is 15.2. The van der Waals surface area contributed by atoms with Gasteiger partial charge in [0.15, 0.2) is 0 Å². The van der Waals surface area contributed by atoms with Crippen LogP contribution < -0.4 is 4.90 Å². The molecule has 0 unspecified atom stereocenters. The Morgan fingerprint density at radius 3 is 1.29 bits per heavy atom. The molecule has 0 radical (unpaired) electrons. The fourth-order valence-corrected chi connectivity index (χ4v) is 9.25. The number of anilines is 3. The summed E-state index contributed by atoms with van der Waals surface area (Å²) in [7, 11) is 0. The zero-order valence-corrected chi connectivity index (χ0v) is 34.1. The predicted molar refractivity (Wildman–Crippen MR) is 263 cm³/mol. The van der Waals surface area contributed by atoms with E-state index in [1.165, 1.54) is 55.3 Å². The molecule has 11 rings (SSSR count). The number of nitrogens with zero attached hydrogens (tertiary/aromatic N) is 2. The molecule has 0 aliphatic carbocycles. The molecule has 0 fully saturated rings. The lowest BCUT2D eigenvalue weighted by atomic mass is 9.93. The monoisotopic (exact) mass is 790 g/mol. The van der Waals surface area contributed by atoms with Crippen molar-refractivity contribution in [2.24, 2.45) is 0 Å². The van der Waals surface area contributed by atoms with Crippen LogP contribution in [0.2, 0.25) is 0 Å². The molecule has 292 valence electrons. The maximum absolute atomic E-state index is 2.51. The van der Waals surface area contributed by atoms with E-state index in [9.17, 15) is 0 Å². The van der Waals surface area contributed by atoms with Gasteiger partial charge in [0.25, 0.3) is 0 Å². The van der Waals surface area contributed by atoms with E-state index in [0.29, 0.717) is 0 Å². The first-order chi connectivity index (χ1) is 30.8. The third-order valence-electron chi connectivity index (χ3n) is 12.0. The highest BCUT2D eigenvalue weighted by Crippen LogP contribution is 2.49. The van der Waals surface area contributed by atoms with Crippen molar-refractivity contribution in [1.29, 1.82) is 0 Å². The second kappa shape index (κ2) is 16.1. The van der Waals surface area contributed by atoms with Crippen LogP contribution in [0.25, 0.3) is 83.1 Å². The molecule has 2 heteroatoms. The largest absolute Gasteiger partial charge is 0.309 e. The van der Waals surface area contributed by atoms with Gasteiger partial charge in [0.05, 0.1) is 28.1 Å². The Morgan fingerprint density at radius 2 is 0.694 bits per heavy atom. The van der Waals surface area contributed by atoms with Crippen LogP contribution in [0, 0.1) is 0 Å². The van der Waals surface area contributed by atoms with Crippen molar-refractivity contribution < 1.29 is 0 Å². The fraction of sp³-hybridized carbons (Fsp3) is 0. The Labute approximate surface area is 362 Å². The lowest BCUT2D eigenvalue weighted by Gasteiger charge is -2.30. The van der Waals surface area contributed by atoms with Crippen LogP contribution in [-0.2, 0) is 0 Å². The summed E-state index contributed by atoms with van der Waals surface area (Å²) in [6.07, 6.45) is 0.